The van der Waals surface area contributed by atoms with Crippen LogP contribution in [-0.2, 0) is 71.1 Å². The summed E-state index contributed by atoms with van der Waals surface area (Å²) in [5.41, 5.74) is 0. The SMILES string of the molecule is COCCOCCOCCOCCOCCOCCOCCOCCOCCOCCOCCOCCOC(=O)OC[C@@H]1CN(C)C(=O)O1. The second-order valence-corrected chi connectivity index (χ2v) is 10.0. The highest BCUT2D eigenvalue weighted by Crippen LogP contribution is 2.09. The molecule has 1 heterocycles. The number of hydrogen-bond donors (Lipinski definition) is 0. The van der Waals surface area contributed by atoms with Crippen LogP contribution in [0.4, 0.5) is 9.59 Å². The van der Waals surface area contributed by atoms with E-state index in [0.29, 0.717) is 152 Å². The van der Waals surface area contributed by atoms with Crippen LogP contribution in [0.25, 0.3) is 0 Å². The predicted molar refractivity (Wildman–Crippen MR) is 171 cm³/mol. The average Bonchev–Trinajstić information content (AvgIpc) is 3.43. The Balaban J connectivity index is 1.63. The summed E-state index contributed by atoms with van der Waals surface area (Å²) >= 11 is 0. The van der Waals surface area contributed by atoms with Crippen molar-refractivity contribution < 1.29 is 80.6 Å². The van der Waals surface area contributed by atoms with Crippen molar-refractivity contribution in [3.8, 4) is 0 Å². The molecule has 0 spiro atoms. The molecule has 1 atom stereocenters. The first-order chi connectivity index (χ1) is 24.1. The Morgan fingerprint density at radius 2 is 0.796 bits per heavy atom. The van der Waals surface area contributed by atoms with Gasteiger partial charge in [0.25, 0.3) is 0 Å². The number of hydrogen-bond acceptors (Lipinski definition) is 17. The summed E-state index contributed by atoms with van der Waals surface area (Å²) in [6, 6.07) is 0. The van der Waals surface area contributed by atoms with Gasteiger partial charge in [0, 0.05) is 14.2 Å². The molecule has 1 amide bonds. The summed E-state index contributed by atoms with van der Waals surface area (Å²) in [5.74, 6) is 0. The van der Waals surface area contributed by atoms with Crippen LogP contribution in [-0.4, -0.2) is 209 Å². The van der Waals surface area contributed by atoms with Gasteiger partial charge in [-0.1, -0.05) is 0 Å². The molecule has 18 heteroatoms. The Morgan fingerprint density at radius 3 is 1.06 bits per heavy atom. The topological polar surface area (TPSA) is 176 Å². The lowest BCUT2D eigenvalue weighted by Gasteiger charge is -2.10. The maximum Gasteiger partial charge on any atom is 0.508 e. The summed E-state index contributed by atoms with van der Waals surface area (Å²) in [5, 5.41) is 0. The molecule has 0 aliphatic carbocycles. The zero-order valence-corrected chi connectivity index (χ0v) is 29.3. The van der Waals surface area contributed by atoms with E-state index in [0.717, 1.165) is 0 Å². The quantitative estimate of drug-likeness (QED) is 0.0634. The normalized spacial score (nSPS) is 14.4. The van der Waals surface area contributed by atoms with Gasteiger partial charge in [0.15, 0.2) is 6.10 Å². The van der Waals surface area contributed by atoms with Crippen LogP contribution in [0.1, 0.15) is 0 Å². The van der Waals surface area contributed by atoms with Gasteiger partial charge < -0.3 is 76.0 Å². The van der Waals surface area contributed by atoms with E-state index >= 15 is 0 Å². The third-order valence-corrected chi connectivity index (χ3v) is 6.04. The summed E-state index contributed by atoms with van der Waals surface area (Å²) < 4.78 is 79.3. The molecule has 49 heavy (non-hydrogen) atoms. The Kier molecular flexibility index (Phi) is 33.0. The maximum absolute atomic E-state index is 11.5. The minimum atomic E-state index is -0.838. The molecule has 1 saturated heterocycles. The predicted octanol–water partition coefficient (Wildman–Crippen LogP) is 0.419. The van der Waals surface area contributed by atoms with E-state index in [9.17, 15) is 9.59 Å². The van der Waals surface area contributed by atoms with E-state index in [4.69, 9.17) is 71.1 Å². The molecule has 1 aliphatic rings. The van der Waals surface area contributed by atoms with E-state index < -0.39 is 18.4 Å². The Morgan fingerprint density at radius 1 is 0.510 bits per heavy atom. The third kappa shape index (κ3) is 31.8. The standard InChI is InChI=1S/C31H59NO17/c1-32-27-29(49-30(32)33)28-48-31(34)47-26-25-46-24-23-45-22-21-44-20-19-43-18-17-42-16-15-41-14-13-40-12-11-39-10-9-38-8-7-37-6-5-36-4-3-35-2/h29H,3-28H2,1-2H3/t29-/m0/s1. The molecule has 18 nitrogen and oxygen atoms in total. The zero-order chi connectivity index (χ0) is 35.3. The molecule has 0 bridgehead atoms. The van der Waals surface area contributed by atoms with Crippen molar-refractivity contribution in [3.05, 3.63) is 0 Å². The largest absolute Gasteiger partial charge is 0.508 e. The average molecular weight is 718 g/mol. The van der Waals surface area contributed by atoms with Gasteiger partial charge in [-0.2, -0.15) is 0 Å². The number of amides is 1. The molecular weight excluding hydrogens is 658 g/mol. The molecule has 0 aromatic carbocycles. The summed E-state index contributed by atoms with van der Waals surface area (Å²) in [4.78, 5) is 24.2. The summed E-state index contributed by atoms with van der Waals surface area (Å²) in [6.45, 7) is 11.3. The van der Waals surface area contributed by atoms with Crippen molar-refractivity contribution in [3.63, 3.8) is 0 Å². The molecule has 0 aromatic rings. The van der Waals surface area contributed by atoms with Crippen molar-refractivity contribution in [1.82, 2.24) is 4.90 Å². The first-order valence-corrected chi connectivity index (χ1v) is 16.7. The first kappa shape index (κ1) is 45.1. The van der Waals surface area contributed by atoms with Gasteiger partial charge in [0.1, 0.15) is 13.2 Å². The van der Waals surface area contributed by atoms with E-state index in [2.05, 4.69) is 0 Å². The van der Waals surface area contributed by atoms with Gasteiger partial charge in [-0.3, -0.25) is 0 Å². The van der Waals surface area contributed by atoms with Crippen molar-refractivity contribution in [2.24, 2.45) is 0 Å². The molecule has 0 unspecified atom stereocenters. The third-order valence-electron chi connectivity index (χ3n) is 6.04. The van der Waals surface area contributed by atoms with Crippen LogP contribution in [0.3, 0.4) is 0 Å². The molecule has 1 rings (SSSR count). The molecule has 1 aliphatic heterocycles. The molecule has 0 N–H and O–H groups in total. The zero-order valence-electron chi connectivity index (χ0n) is 29.3. The van der Waals surface area contributed by atoms with Crippen LogP contribution >= 0.6 is 0 Å². The fraction of sp³-hybridized carbons (Fsp3) is 0.935. The second kappa shape index (κ2) is 35.9. The van der Waals surface area contributed by atoms with Gasteiger partial charge in [-0.05, 0) is 0 Å². The number of likely N-dealkylation sites (N-methyl/N-ethyl adjacent to an activating group) is 1. The minimum Gasteiger partial charge on any atom is -0.441 e. The fourth-order valence-electron chi connectivity index (χ4n) is 3.57. The lowest BCUT2D eigenvalue weighted by molar-refractivity contribution is -0.0289. The highest BCUT2D eigenvalue weighted by Gasteiger charge is 2.29. The number of methoxy groups -OCH3 is 1. The lowest BCUT2D eigenvalue weighted by Crippen LogP contribution is -2.24. The second-order valence-electron chi connectivity index (χ2n) is 10.0. The smallest absolute Gasteiger partial charge is 0.441 e. The van der Waals surface area contributed by atoms with Crippen LogP contribution in [0.5, 0.6) is 0 Å². The maximum atomic E-state index is 11.5. The monoisotopic (exact) mass is 717 g/mol. The minimum absolute atomic E-state index is 0.0439. The van der Waals surface area contributed by atoms with Crippen LogP contribution < -0.4 is 0 Å². The van der Waals surface area contributed by atoms with E-state index in [1.807, 2.05) is 0 Å². The van der Waals surface area contributed by atoms with Crippen molar-refractivity contribution in [2.45, 2.75) is 6.10 Å². The number of carbonyl (C=O) groups is 2. The lowest BCUT2D eigenvalue weighted by atomic mass is 10.4. The van der Waals surface area contributed by atoms with Gasteiger partial charge in [-0.15, -0.1) is 0 Å². The molecule has 0 saturated carbocycles. The molecule has 0 radical (unpaired) electrons. The fourth-order valence-corrected chi connectivity index (χ4v) is 3.57. The van der Waals surface area contributed by atoms with Gasteiger partial charge in [0.05, 0.1) is 159 Å². The van der Waals surface area contributed by atoms with Crippen molar-refractivity contribution in [2.75, 3.05) is 186 Å². The van der Waals surface area contributed by atoms with Gasteiger partial charge >= 0.3 is 12.2 Å². The number of cyclic esters (lactones) is 1. The van der Waals surface area contributed by atoms with Crippen molar-refractivity contribution in [1.29, 1.82) is 0 Å². The Bertz CT molecular complexity index is 738. The molecular formula is C31H59NO17. The van der Waals surface area contributed by atoms with Crippen LogP contribution in [0.2, 0.25) is 0 Å². The summed E-state index contributed by atoms with van der Waals surface area (Å²) in [6.07, 6.45) is -1.77. The Hall–Kier alpha value is -1.94. The highest BCUT2D eigenvalue weighted by atomic mass is 16.7. The van der Waals surface area contributed by atoms with E-state index in [1.54, 1.807) is 14.2 Å². The Labute approximate surface area is 289 Å². The van der Waals surface area contributed by atoms with E-state index in [1.165, 1.54) is 4.90 Å². The summed E-state index contributed by atoms with van der Waals surface area (Å²) in [7, 11) is 3.24. The molecule has 1 fully saturated rings. The van der Waals surface area contributed by atoms with Crippen LogP contribution in [0, 0.1) is 0 Å². The van der Waals surface area contributed by atoms with Crippen molar-refractivity contribution >= 4 is 12.2 Å². The molecule has 0 aromatic heterocycles. The highest BCUT2D eigenvalue weighted by molar-refractivity contribution is 5.69. The van der Waals surface area contributed by atoms with Gasteiger partial charge in [0.2, 0.25) is 0 Å². The van der Waals surface area contributed by atoms with Gasteiger partial charge in [-0.25, -0.2) is 9.59 Å². The first-order valence-electron chi connectivity index (χ1n) is 16.7. The van der Waals surface area contributed by atoms with E-state index in [-0.39, 0.29) is 19.8 Å². The molecule has 290 valence electrons. The number of rotatable bonds is 38. The van der Waals surface area contributed by atoms with Crippen LogP contribution in [0.15, 0.2) is 0 Å². The number of carbonyl (C=O) groups excluding carboxylic acids is 2. The number of nitrogens with zero attached hydrogens (tertiary/aromatic N) is 1. The number of ether oxygens (including phenoxy) is 15.